The molecule has 2 amide bonds. The van der Waals surface area contributed by atoms with Gasteiger partial charge in [0.1, 0.15) is 18.5 Å². The van der Waals surface area contributed by atoms with Crippen LogP contribution < -0.4 is 20.5 Å². The molecule has 1 aliphatic heterocycles. The first-order valence-electron chi connectivity index (χ1n) is 8.72. The predicted octanol–water partition coefficient (Wildman–Crippen LogP) is 1.26. The highest BCUT2D eigenvalue weighted by atomic mass is 16.5. The van der Waals surface area contributed by atoms with E-state index in [0.717, 1.165) is 11.8 Å². The second-order valence-corrected chi connectivity index (χ2v) is 6.41. The van der Waals surface area contributed by atoms with Crippen LogP contribution in [0.4, 0.5) is 0 Å². The van der Waals surface area contributed by atoms with Crippen LogP contribution in [0.1, 0.15) is 23.7 Å². The molecule has 1 aromatic heterocycles. The van der Waals surface area contributed by atoms with Crippen LogP contribution in [-0.4, -0.2) is 49.8 Å². The minimum absolute atomic E-state index is 0.0217. The summed E-state index contributed by atoms with van der Waals surface area (Å²) in [6.07, 6.45) is 1.91. The van der Waals surface area contributed by atoms with Gasteiger partial charge in [0.15, 0.2) is 0 Å². The number of hydrogen-bond donors (Lipinski definition) is 2. The van der Waals surface area contributed by atoms with Crippen molar-refractivity contribution in [3.05, 3.63) is 30.0 Å². The number of fused-ring (bicyclic) bond motifs is 1. The standard InChI is InChI=1S/C19H23N3O5/c1-4-11-14(22-18(24)16(11)26-3)9-27-19-12-8-15(25-2)13(17(20)23)7-10(12)5-6-21-19/h5-8,11,14,16H,4,9H2,1-3H3,(H2,20,23)(H,22,24)/t11-,14+,16?/m0/s1. The number of benzene rings is 1. The van der Waals surface area contributed by atoms with Crippen LogP contribution in [0, 0.1) is 5.92 Å². The largest absolute Gasteiger partial charge is 0.496 e. The lowest BCUT2D eigenvalue weighted by Crippen LogP contribution is -2.35. The van der Waals surface area contributed by atoms with Crippen molar-refractivity contribution in [1.29, 1.82) is 0 Å². The third-order valence-electron chi connectivity index (χ3n) is 4.93. The molecule has 27 heavy (non-hydrogen) atoms. The summed E-state index contributed by atoms with van der Waals surface area (Å²) >= 11 is 0. The van der Waals surface area contributed by atoms with Gasteiger partial charge in [0, 0.05) is 24.6 Å². The lowest BCUT2D eigenvalue weighted by molar-refractivity contribution is -0.128. The molecule has 1 saturated heterocycles. The van der Waals surface area contributed by atoms with Crippen LogP contribution in [-0.2, 0) is 9.53 Å². The Morgan fingerprint density at radius 3 is 2.74 bits per heavy atom. The monoisotopic (exact) mass is 373 g/mol. The van der Waals surface area contributed by atoms with Gasteiger partial charge in [-0.25, -0.2) is 4.98 Å². The first-order valence-corrected chi connectivity index (χ1v) is 8.72. The van der Waals surface area contributed by atoms with E-state index in [-0.39, 0.29) is 24.5 Å². The van der Waals surface area contributed by atoms with Crippen LogP contribution >= 0.6 is 0 Å². The highest BCUT2D eigenvalue weighted by Crippen LogP contribution is 2.31. The van der Waals surface area contributed by atoms with E-state index in [1.807, 2.05) is 6.92 Å². The number of methoxy groups -OCH3 is 2. The van der Waals surface area contributed by atoms with Gasteiger partial charge in [-0.2, -0.15) is 0 Å². The number of rotatable bonds is 7. The maximum Gasteiger partial charge on any atom is 0.252 e. The lowest BCUT2D eigenvalue weighted by atomic mass is 9.96. The zero-order valence-electron chi connectivity index (χ0n) is 15.5. The van der Waals surface area contributed by atoms with Crippen LogP contribution in [0.15, 0.2) is 24.4 Å². The highest BCUT2D eigenvalue weighted by Gasteiger charge is 2.41. The summed E-state index contributed by atoms with van der Waals surface area (Å²) in [7, 11) is 3.00. The van der Waals surface area contributed by atoms with E-state index in [0.29, 0.717) is 22.6 Å². The van der Waals surface area contributed by atoms with Crippen LogP contribution in [0.25, 0.3) is 10.8 Å². The summed E-state index contributed by atoms with van der Waals surface area (Å²) in [6.45, 7) is 2.27. The maximum absolute atomic E-state index is 12.0. The van der Waals surface area contributed by atoms with Gasteiger partial charge in [-0.3, -0.25) is 9.59 Å². The molecule has 0 bridgehead atoms. The number of carbonyl (C=O) groups is 2. The zero-order valence-corrected chi connectivity index (χ0v) is 15.5. The van der Waals surface area contributed by atoms with Crippen molar-refractivity contribution < 1.29 is 23.8 Å². The fourth-order valence-corrected chi connectivity index (χ4v) is 3.54. The van der Waals surface area contributed by atoms with E-state index in [1.165, 1.54) is 14.2 Å². The van der Waals surface area contributed by atoms with Crippen LogP contribution in [0.3, 0.4) is 0 Å². The molecule has 1 unspecified atom stereocenters. The molecule has 3 rings (SSSR count). The smallest absolute Gasteiger partial charge is 0.252 e. The maximum atomic E-state index is 12.0. The molecule has 8 nitrogen and oxygen atoms in total. The van der Waals surface area contributed by atoms with Gasteiger partial charge in [0.05, 0.1) is 18.7 Å². The number of nitrogens with zero attached hydrogens (tertiary/aromatic N) is 1. The Balaban J connectivity index is 1.87. The zero-order chi connectivity index (χ0) is 19.6. The number of aromatic nitrogens is 1. The minimum atomic E-state index is -0.571. The molecule has 144 valence electrons. The Morgan fingerprint density at radius 2 is 2.11 bits per heavy atom. The summed E-state index contributed by atoms with van der Waals surface area (Å²) in [5, 5.41) is 4.37. The molecule has 1 aliphatic rings. The number of primary amides is 1. The molecule has 0 spiro atoms. The fourth-order valence-electron chi connectivity index (χ4n) is 3.54. The summed E-state index contributed by atoms with van der Waals surface area (Å²) in [6, 6.07) is 4.93. The van der Waals surface area contributed by atoms with Crippen LogP contribution in [0.2, 0.25) is 0 Å². The summed E-state index contributed by atoms with van der Waals surface area (Å²) < 4.78 is 16.5. The van der Waals surface area contributed by atoms with Crippen molar-refractivity contribution in [2.75, 3.05) is 20.8 Å². The number of carbonyl (C=O) groups excluding carboxylic acids is 2. The van der Waals surface area contributed by atoms with E-state index in [9.17, 15) is 9.59 Å². The van der Waals surface area contributed by atoms with Gasteiger partial charge >= 0.3 is 0 Å². The molecule has 3 atom stereocenters. The summed E-state index contributed by atoms with van der Waals surface area (Å²) in [5.41, 5.74) is 5.70. The molecular weight excluding hydrogens is 350 g/mol. The first kappa shape index (κ1) is 18.9. The number of hydrogen-bond acceptors (Lipinski definition) is 6. The van der Waals surface area contributed by atoms with Crippen molar-refractivity contribution in [2.45, 2.75) is 25.5 Å². The third kappa shape index (κ3) is 3.52. The molecule has 2 aromatic rings. The Kier molecular flexibility index (Phi) is 5.46. The molecule has 3 N–H and O–H groups in total. The number of ether oxygens (including phenoxy) is 3. The molecule has 8 heteroatoms. The van der Waals surface area contributed by atoms with Gasteiger partial charge in [0.2, 0.25) is 11.8 Å². The van der Waals surface area contributed by atoms with Gasteiger partial charge in [-0.05, 0) is 30.0 Å². The van der Waals surface area contributed by atoms with Crippen LogP contribution in [0.5, 0.6) is 11.6 Å². The van der Waals surface area contributed by atoms with E-state index in [2.05, 4.69) is 10.3 Å². The molecule has 0 radical (unpaired) electrons. The summed E-state index contributed by atoms with van der Waals surface area (Å²) in [5.74, 6) is 0.0721. The van der Waals surface area contributed by atoms with E-state index in [1.54, 1.807) is 24.4 Å². The topological polar surface area (TPSA) is 113 Å². The van der Waals surface area contributed by atoms with Crippen molar-refractivity contribution in [2.24, 2.45) is 11.7 Å². The summed E-state index contributed by atoms with van der Waals surface area (Å²) in [4.78, 5) is 27.9. The lowest BCUT2D eigenvalue weighted by Gasteiger charge is -2.20. The van der Waals surface area contributed by atoms with Gasteiger partial charge in [-0.15, -0.1) is 0 Å². The van der Waals surface area contributed by atoms with E-state index < -0.39 is 12.0 Å². The number of nitrogens with one attached hydrogen (secondary N) is 1. The number of nitrogens with two attached hydrogens (primary N) is 1. The number of pyridine rings is 1. The molecular formula is C19H23N3O5. The second-order valence-electron chi connectivity index (χ2n) is 6.41. The molecule has 0 aliphatic carbocycles. The van der Waals surface area contributed by atoms with E-state index >= 15 is 0 Å². The van der Waals surface area contributed by atoms with Gasteiger partial charge in [0.25, 0.3) is 5.91 Å². The quantitative estimate of drug-likeness (QED) is 0.755. The molecule has 1 fully saturated rings. The minimum Gasteiger partial charge on any atom is -0.496 e. The third-order valence-corrected chi connectivity index (χ3v) is 4.93. The molecule has 1 aromatic carbocycles. The van der Waals surface area contributed by atoms with Gasteiger partial charge in [-0.1, -0.05) is 6.92 Å². The highest BCUT2D eigenvalue weighted by molar-refractivity contribution is 6.01. The first-order chi connectivity index (χ1) is 13.0. The second kappa shape index (κ2) is 7.79. The van der Waals surface area contributed by atoms with Crippen molar-refractivity contribution >= 4 is 22.6 Å². The average molecular weight is 373 g/mol. The Hall–Kier alpha value is -2.87. The Bertz CT molecular complexity index is 870. The molecule has 0 saturated carbocycles. The van der Waals surface area contributed by atoms with Crippen molar-refractivity contribution in [3.8, 4) is 11.6 Å². The Labute approximate surface area is 157 Å². The van der Waals surface area contributed by atoms with Gasteiger partial charge < -0.3 is 25.3 Å². The Morgan fingerprint density at radius 1 is 1.33 bits per heavy atom. The SMILES string of the molecule is CC[C@@H]1C(OC)C(=O)N[C@@H]1COc1nccc2cc(C(N)=O)c(OC)cc12. The number of amides is 2. The van der Waals surface area contributed by atoms with Crippen molar-refractivity contribution in [3.63, 3.8) is 0 Å². The van der Waals surface area contributed by atoms with Crippen molar-refractivity contribution in [1.82, 2.24) is 10.3 Å². The predicted molar refractivity (Wildman–Crippen MR) is 98.8 cm³/mol. The average Bonchev–Trinajstić information content (AvgIpc) is 2.99. The fraction of sp³-hybridized carbons (Fsp3) is 0.421. The van der Waals surface area contributed by atoms with E-state index in [4.69, 9.17) is 19.9 Å². The normalized spacial score (nSPS) is 21.9. The molecule has 2 heterocycles.